The Hall–Kier alpha value is -1.86. The number of ether oxygens (including phenoxy) is 1. The second-order valence-corrected chi connectivity index (χ2v) is 6.98. The van der Waals surface area contributed by atoms with Gasteiger partial charge in [0.05, 0.1) is 12.6 Å². The van der Waals surface area contributed by atoms with Crippen molar-refractivity contribution in [1.82, 2.24) is 14.7 Å². The third kappa shape index (κ3) is 5.65. The molecule has 0 fully saturated rings. The van der Waals surface area contributed by atoms with Crippen LogP contribution in [0.5, 0.6) is 5.75 Å². The first-order valence-corrected chi connectivity index (χ1v) is 8.59. The molecule has 0 atom stereocenters. The van der Waals surface area contributed by atoms with E-state index in [1.165, 1.54) is 0 Å². The second-order valence-electron chi connectivity index (χ2n) is 6.06. The molecule has 0 aliphatic carbocycles. The van der Waals surface area contributed by atoms with Crippen LogP contribution in [0, 0.1) is 0 Å². The first-order chi connectivity index (χ1) is 11.3. The largest absolute Gasteiger partial charge is 0.491 e. The Morgan fingerprint density at radius 3 is 2.79 bits per heavy atom. The average molecular weight is 395 g/mol. The summed E-state index contributed by atoms with van der Waals surface area (Å²) in [5, 5.41) is 7.17. The third-order valence-corrected chi connectivity index (χ3v) is 3.62. The van der Waals surface area contributed by atoms with E-state index in [1.54, 1.807) is 18.2 Å². The van der Waals surface area contributed by atoms with E-state index < -0.39 is 0 Å². The summed E-state index contributed by atoms with van der Waals surface area (Å²) in [5.41, 5.74) is 0.517. The second kappa shape index (κ2) is 8.30. The summed E-state index contributed by atoms with van der Waals surface area (Å²) in [6.45, 7) is 5.55. The fourth-order valence-corrected chi connectivity index (χ4v) is 2.55. The number of nitrogens with zero attached hydrogens (tertiary/aromatic N) is 3. The van der Waals surface area contributed by atoms with Crippen molar-refractivity contribution >= 4 is 27.7 Å². The summed E-state index contributed by atoms with van der Waals surface area (Å²) < 4.78 is 8.26. The van der Waals surface area contributed by atoms with E-state index in [9.17, 15) is 4.79 Å². The van der Waals surface area contributed by atoms with Crippen molar-refractivity contribution in [2.75, 3.05) is 26.0 Å². The van der Waals surface area contributed by atoms with Crippen LogP contribution in [0.3, 0.4) is 0 Å². The molecule has 2 aromatic rings. The Morgan fingerprint density at radius 2 is 2.12 bits per heavy atom. The van der Waals surface area contributed by atoms with E-state index in [0.29, 0.717) is 17.1 Å². The zero-order valence-electron chi connectivity index (χ0n) is 14.4. The van der Waals surface area contributed by atoms with Crippen LogP contribution in [0.15, 0.2) is 34.9 Å². The minimum absolute atomic E-state index is 0.0441. The lowest BCUT2D eigenvalue weighted by atomic mass is 10.2. The minimum Gasteiger partial charge on any atom is -0.491 e. The molecule has 24 heavy (non-hydrogen) atoms. The van der Waals surface area contributed by atoms with Gasteiger partial charge in [-0.1, -0.05) is 15.9 Å². The number of anilines is 1. The lowest BCUT2D eigenvalue weighted by molar-refractivity contribution is 0.102. The predicted molar refractivity (Wildman–Crippen MR) is 98.6 cm³/mol. The number of likely N-dealkylation sites (N-methyl/N-ethyl adjacent to an activating group) is 1. The van der Waals surface area contributed by atoms with Gasteiger partial charge in [-0.2, -0.15) is 5.10 Å². The lowest BCUT2D eigenvalue weighted by Crippen LogP contribution is -2.19. The average Bonchev–Trinajstić information content (AvgIpc) is 2.91. The SMILES string of the molecule is CC(C)Oc1cc(Br)cc(C(=O)Nc2ccn(CCN(C)C)n2)c1. The number of aromatic nitrogens is 2. The van der Waals surface area contributed by atoms with Crippen LogP contribution in [0.4, 0.5) is 5.82 Å². The Labute approximate surface area is 150 Å². The summed E-state index contributed by atoms with van der Waals surface area (Å²) in [6, 6.07) is 7.11. The molecular weight excluding hydrogens is 372 g/mol. The number of halogens is 1. The summed E-state index contributed by atoms with van der Waals surface area (Å²) in [7, 11) is 4.02. The van der Waals surface area contributed by atoms with Crippen molar-refractivity contribution in [3.8, 4) is 5.75 Å². The molecule has 0 aliphatic rings. The monoisotopic (exact) mass is 394 g/mol. The van der Waals surface area contributed by atoms with Gasteiger partial charge in [0.2, 0.25) is 0 Å². The molecular formula is C17H23BrN4O2. The quantitative estimate of drug-likeness (QED) is 0.782. The highest BCUT2D eigenvalue weighted by Gasteiger charge is 2.11. The van der Waals surface area contributed by atoms with Gasteiger partial charge >= 0.3 is 0 Å². The number of rotatable bonds is 7. The molecule has 0 aliphatic heterocycles. The number of nitrogens with one attached hydrogen (secondary N) is 1. The van der Waals surface area contributed by atoms with Crippen molar-refractivity contribution in [1.29, 1.82) is 0 Å². The number of hydrogen-bond acceptors (Lipinski definition) is 4. The summed E-state index contributed by atoms with van der Waals surface area (Å²) in [4.78, 5) is 14.5. The molecule has 130 valence electrons. The highest BCUT2D eigenvalue weighted by Crippen LogP contribution is 2.23. The van der Waals surface area contributed by atoms with Crippen molar-refractivity contribution < 1.29 is 9.53 Å². The van der Waals surface area contributed by atoms with Gasteiger partial charge in [0.1, 0.15) is 5.75 Å². The van der Waals surface area contributed by atoms with E-state index in [1.807, 2.05) is 44.9 Å². The van der Waals surface area contributed by atoms with Crippen LogP contribution in [0.2, 0.25) is 0 Å². The molecule has 1 aromatic heterocycles. The zero-order chi connectivity index (χ0) is 17.7. The lowest BCUT2D eigenvalue weighted by Gasteiger charge is -2.11. The number of amides is 1. The van der Waals surface area contributed by atoms with Gasteiger partial charge in [-0.3, -0.25) is 9.48 Å². The van der Waals surface area contributed by atoms with Crippen LogP contribution < -0.4 is 10.1 Å². The van der Waals surface area contributed by atoms with Crippen LogP contribution in [-0.4, -0.2) is 47.3 Å². The molecule has 0 unspecified atom stereocenters. The highest BCUT2D eigenvalue weighted by molar-refractivity contribution is 9.10. The molecule has 0 saturated heterocycles. The molecule has 1 heterocycles. The van der Waals surface area contributed by atoms with Crippen molar-refractivity contribution in [2.45, 2.75) is 26.5 Å². The molecule has 1 aromatic carbocycles. The van der Waals surface area contributed by atoms with Gasteiger partial charge < -0.3 is 15.0 Å². The predicted octanol–water partition coefficient (Wildman–Crippen LogP) is 3.25. The molecule has 0 bridgehead atoms. The molecule has 1 N–H and O–H groups in total. The van der Waals surface area contributed by atoms with Crippen molar-refractivity contribution in [3.63, 3.8) is 0 Å². The maximum Gasteiger partial charge on any atom is 0.257 e. The third-order valence-electron chi connectivity index (χ3n) is 3.16. The van der Waals surface area contributed by atoms with E-state index in [2.05, 4.69) is 31.2 Å². The van der Waals surface area contributed by atoms with E-state index in [-0.39, 0.29) is 12.0 Å². The molecule has 2 rings (SSSR count). The Kier molecular flexibility index (Phi) is 6.39. The van der Waals surface area contributed by atoms with Gasteiger partial charge in [0, 0.05) is 28.8 Å². The normalized spacial score (nSPS) is 11.1. The van der Waals surface area contributed by atoms with E-state index >= 15 is 0 Å². The van der Waals surface area contributed by atoms with Crippen molar-refractivity contribution in [2.24, 2.45) is 0 Å². The van der Waals surface area contributed by atoms with Crippen LogP contribution in [-0.2, 0) is 6.54 Å². The molecule has 7 heteroatoms. The Balaban J connectivity index is 2.05. The van der Waals surface area contributed by atoms with Crippen LogP contribution in [0.25, 0.3) is 0 Å². The number of benzene rings is 1. The standard InChI is InChI=1S/C17H23BrN4O2/c1-12(2)24-15-10-13(9-14(18)11-15)17(23)19-16-5-6-22(20-16)8-7-21(3)4/h5-6,9-12H,7-8H2,1-4H3,(H,19,20,23). The maximum atomic E-state index is 12.4. The van der Waals surface area contributed by atoms with Gasteiger partial charge in [0.15, 0.2) is 5.82 Å². The minimum atomic E-state index is -0.220. The van der Waals surface area contributed by atoms with Gasteiger partial charge in [0.25, 0.3) is 5.91 Å². The summed E-state index contributed by atoms with van der Waals surface area (Å²) >= 11 is 3.41. The summed E-state index contributed by atoms with van der Waals surface area (Å²) in [5.74, 6) is 0.967. The van der Waals surface area contributed by atoms with Gasteiger partial charge in [-0.25, -0.2) is 0 Å². The smallest absolute Gasteiger partial charge is 0.257 e. The summed E-state index contributed by atoms with van der Waals surface area (Å²) in [6.07, 6.45) is 1.90. The number of carbonyl (C=O) groups excluding carboxylic acids is 1. The van der Waals surface area contributed by atoms with Crippen LogP contribution in [0.1, 0.15) is 24.2 Å². The van der Waals surface area contributed by atoms with E-state index in [4.69, 9.17) is 4.74 Å². The fourth-order valence-electron chi connectivity index (χ4n) is 2.08. The topological polar surface area (TPSA) is 59.4 Å². The molecule has 6 nitrogen and oxygen atoms in total. The number of carbonyl (C=O) groups is 1. The number of hydrogen-bond donors (Lipinski definition) is 1. The van der Waals surface area contributed by atoms with Crippen LogP contribution >= 0.6 is 15.9 Å². The Morgan fingerprint density at radius 1 is 1.38 bits per heavy atom. The zero-order valence-corrected chi connectivity index (χ0v) is 16.0. The molecule has 0 radical (unpaired) electrons. The van der Waals surface area contributed by atoms with Gasteiger partial charge in [-0.15, -0.1) is 0 Å². The molecule has 1 amide bonds. The molecule has 0 saturated carbocycles. The Bertz CT molecular complexity index is 698. The highest BCUT2D eigenvalue weighted by atomic mass is 79.9. The molecule has 0 spiro atoms. The first kappa shape index (κ1) is 18.5. The van der Waals surface area contributed by atoms with Crippen molar-refractivity contribution in [3.05, 3.63) is 40.5 Å². The van der Waals surface area contributed by atoms with Gasteiger partial charge in [-0.05, 0) is 46.1 Å². The first-order valence-electron chi connectivity index (χ1n) is 7.80. The van der Waals surface area contributed by atoms with E-state index in [0.717, 1.165) is 17.6 Å². The fraction of sp³-hybridized carbons (Fsp3) is 0.412. The maximum absolute atomic E-state index is 12.4.